The SMILES string of the molecule is Cc1nc(C)c(Cl)c(NCc2ccc(Oc3ccc4ncc([N+](=O)[O-])n4n3)c(OCC3CC3)c2)n1. The summed E-state index contributed by atoms with van der Waals surface area (Å²) in [5.41, 5.74) is 1.99. The molecular weight excluding hydrogens is 474 g/mol. The summed E-state index contributed by atoms with van der Waals surface area (Å²) >= 11 is 6.35. The molecule has 0 radical (unpaired) electrons. The van der Waals surface area contributed by atoms with Crippen molar-refractivity contribution in [2.75, 3.05) is 11.9 Å². The number of imidazole rings is 1. The van der Waals surface area contributed by atoms with Gasteiger partial charge in [-0.1, -0.05) is 22.2 Å². The van der Waals surface area contributed by atoms with Crippen molar-refractivity contribution < 1.29 is 14.4 Å². The molecule has 0 unspecified atom stereocenters. The number of halogens is 1. The van der Waals surface area contributed by atoms with Crippen LogP contribution in [-0.2, 0) is 6.54 Å². The van der Waals surface area contributed by atoms with E-state index in [2.05, 4.69) is 25.4 Å². The van der Waals surface area contributed by atoms with Gasteiger partial charge in [0.15, 0.2) is 11.5 Å². The predicted octanol–water partition coefficient (Wildman–Crippen LogP) is 4.89. The number of nitrogens with zero attached hydrogens (tertiary/aromatic N) is 6. The van der Waals surface area contributed by atoms with Crippen LogP contribution in [-0.4, -0.2) is 36.1 Å². The van der Waals surface area contributed by atoms with Gasteiger partial charge in [-0.3, -0.25) is 0 Å². The summed E-state index contributed by atoms with van der Waals surface area (Å²) in [5.74, 6) is 2.69. The normalized spacial score (nSPS) is 13.1. The number of nitrogens with one attached hydrogen (secondary N) is 1. The van der Waals surface area contributed by atoms with Gasteiger partial charge in [0.1, 0.15) is 22.9 Å². The molecule has 1 fully saturated rings. The Balaban J connectivity index is 1.39. The fourth-order valence-corrected chi connectivity index (χ4v) is 3.64. The van der Waals surface area contributed by atoms with Gasteiger partial charge in [0.2, 0.25) is 5.65 Å². The highest BCUT2D eigenvalue weighted by atomic mass is 35.5. The highest BCUT2D eigenvalue weighted by Gasteiger charge is 2.23. The van der Waals surface area contributed by atoms with Gasteiger partial charge in [0, 0.05) is 18.7 Å². The average molecular weight is 496 g/mol. The molecule has 5 rings (SSSR count). The monoisotopic (exact) mass is 495 g/mol. The van der Waals surface area contributed by atoms with Gasteiger partial charge in [0.05, 0.1) is 12.3 Å². The Kier molecular flexibility index (Phi) is 6.08. The molecule has 0 spiro atoms. The number of hydrogen-bond donors (Lipinski definition) is 1. The fourth-order valence-electron chi connectivity index (χ4n) is 3.49. The molecule has 3 aromatic heterocycles. The first-order valence-electron chi connectivity index (χ1n) is 11.0. The second-order valence-electron chi connectivity index (χ2n) is 8.32. The highest BCUT2D eigenvalue weighted by molar-refractivity contribution is 6.33. The van der Waals surface area contributed by atoms with E-state index in [0.717, 1.165) is 29.1 Å². The van der Waals surface area contributed by atoms with E-state index in [1.807, 2.05) is 26.0 Å². The molecule has 4 aromatic rings. The van der Waals surface area contributed by atoms with E-state index in [4.69, 9.17) is 21.1 Å². The Morgan fingerprint density at radius 1 is 1.20 bits per heavy atom. The van der Waals surface area contributed by atoms with Crippen molar-refractivity contribution >= 4 is 28.9 Å². The largest absolute Gasteiger partial charge is 0.489 e. The second kappa shape index (κ2) is 9.34. The molecule has 0 bridgehead atoms. The lowest BCUT2D eigenvalue weighted by Gasteiger charge is -2.14. The van der Waals surface area contributed by atoms with Gasteiger partial charge in [-0.05, 0) is 60.3 Å². The van der Waals surface area contributed by atoms with Crippen LogP contribution in [0.5, 0.6) is 17.4 Å². The summed E-state index contributed by atoms with van der Waals surface area (Å²) in [7, 11) is 0. The van der Waals surface area contributed by atoms with Crippen molar-refractivity contribution in [3.05, 3.63) is 68.7 Å². The van der Waals surface area contributed by atoms with Crippen LogP contribution in [0.2, 0.25) is 5.02 Å². The van der Waals surface area contributed by atoms with Crippen LogP contribution in [0.4, 0.5) is 11.6 Å². The zero-order chi connectivity index (χ0) is 24.5. The van der Waals surface area contributed by atoms with Crippen molar-refractivity contribution in [3.63, 3.8) is 0 Å². The van der Waals surface area contributed by atoms with Gasteiger partial charge in [-0.25, -0.2) is 15.0 Å². The number of rotatable bonds is 9. The number of benzene rings is 1. The Labute approximate surface area is 205 Å². The minimum atomic E-state index is -0.546. The molecular formula is C23H22ClN7O4. The Morgan fingerprint density at radius 3 is 2.80 bits per heavy atom. The molecule has 3 heterocycles. The van der Waals surface area contributed by atoms with Crippen LogP contribution in [0.15, 0.2) is 36.5 Å². The number of nitro groups is 1. The molecule has 1 aliphatic carbocycles. The Hall–Kier alpha value is -3.99. The summed E-state index contributed by atoms with van der Waals surface area (Å²) < 4.78 is 13.2. The van der Waals surface area contributed by atoms with Gasteiger partial charge >= 0.3 is 5.82 Å². The first-order valence-corrected chi connectivity index (χ1v) is 11.4. The number of ether oxygens (including phenoxy) is 2. The quantitative estimate of drug-likeness (QED) is 0.254. The molecule has 0 aliphatic heterocycles. The van der Waals surface area contributed by atoms with Crippen molar-refractivity contribution in [3.8, 4) is 17.4 Å². The zero-order valence-electron chi connectivity index (χ0n) is 19.1. The maximum absolute atomic E-state index is 11.2. The van der Waals surface area contributed by atoms with Gasteiger partial charge in [-0.15, -0.1) is 0 Å². The fraction of sp³-hybridized carbons (Fsp3) is 0.304. The average Bonchev–Trinajstić information content (AvgIpc) is 3.56. The molecule has 1 N–H and O–H groups in total. The number of aryl methyl sites for hydroxylation is 2. The molecule has 1 aromatic carbocycles. The van der Waals surface area contributed by atoms with Crippen LogP contribution < -0.4 is 14.8 Å². The van der Waals surface area contributed by atoms with Crippen molar-refractivity contribution in [1.29, 1.82) is 0 Å². The second-order valence-corrected chi connectivity index (χ2v) is 8.70. The molecule has 1 saturated carbocycles. The van der Waals surface area contributed by atoms with E-state index in [1.165, 1.54) is 0 Å². The Morgan fingerprint density at radius 2 is 2.03 bits per heavy atom. The van der Waals surface area contributed by atoms with E-state index >= 15 is 0 Å². The van der Waals surface area contributed by atoms with E-state index in [1.54, 1.807) is 18.2 Å². The molecule has 1 aliphatic rings. The summed E-state index contributed by atoms with van der Waals surface area (Å²) in [4.78, 5) is 23.3. The number of aromatic nitrogens is 5. The van der Waals surface area contributed by atoms with Crippen molar-refractivity contribution in [2.45, 2.75) is 33.2 Å². The van der Waals surface area contributed by atoms with Crippen LogP contribution in [0.1, 0.15) is 29.9 Å². The zero-order valence-corrected chi connectivity index (χ0v) is 19.8. The Bertz CT molecular complexity index is 1420. The summed E-state index contributed by atoms with van der Waals surface area (Å²) in [5, 5.41) is 19.2. The summed E-state index contributed by atoms with van der Waals surface area (Å²) in [6.45, 7) is 4.69. The molecule has 35 heavy (non-hydrogen) atoms. The van der Waals surface area contributed by atoms with E-state index in [-0.39, 0.29) is 11.7 Å². The van der Waals surface area contributed by atoms with E-state index < -0.39 is 4.92 Å². The van der Waals surface area contributed by atoms with E-state index in [0.29, 0.717) is 58.6 Å². The minimum Gasteiger partial charge on any atom is -0.489 e. The summed E-state index contributed by atoms with van der Waals surface area (Å²) in [6, 6.07) is 8.77. The standard InChI is InChI=1S/C23H22ClN7O4/c1-13-22(24)23(28-14(2)27-13)26-10-16-5-6-17(18(9-16)34-12-15-3-4-15)35-20-8-7-19-25-11-21(31(32)33)30(19)29-20/h5-9,11,15H,3-4,10,12H2,1-2H3,(H,26,27,28). The smallest absolute Gasteiger partial charge is 0.368 e. The maximum Gasteiger partial charge on any atom is 0.368 e. The van der Waals surface area contributed by atoms with Gasteiger partial charge < -0.3 is 24.9 Å². The first kappa shape index (κ1) is 22.8. The minimum absolute atomic E-state index is 0.180. The summed E-state index contributed by atoms with van der Waals surface area (Å²) in [6.07, 6.45) is 3.45. The maximum atomic E-state index is 11.2. The molecule has 0 amide bonds. The van der Waals surface area contributed by atoms with Crippen molar-refractivity contribution in [1.82, 2.24) is 24.6 Å². The molecule has 12 heteroatoms. The number of anilines is 1. The van der Waals surface area contributed by atoms with Gasteiger partial charge in [0.25, 0.3) is 5.88 Å². The highest BCUT2D eigenvalue weighted by Crippen LogP contribution is 2.36. The lowest BCUT2D eigenvalue weighted by atomic mass is 10.2. The lowest BCUT2D eigenvalue weighted by Crippen LogP contribution is -2.07. The topological polar surface area (TPSA) is 130 Å². The third kappa shape index (κ3) is 5.09. The molecule has 0 saturated heterocycles. The van der Waals surface area contributed by atoms with Crippen LogP contribution in [0.25, 0.3) is 5.65 Å². The molecule has 180 valence electrons. The number of fused-ring (bicyclic) bond motifs is 1. The van der Waals surface area contributed by atoms with Crippen LogP contribution in [0.3, 0.4) is 0 Å². The third-order valence-electron chi connectivity index (χ3n) is 5.49. The molecule has 0 atom stereocenters. The molecule has 11 nitrogen and oxygen atoms in total. The first-order chi connectivity index (χ1) is 16.9. The lowest BCUT2D eigenvalue weighted by molar-refractivity contribution is -0.391. The third-order valence-corrected chi connectivity index (χ3v) is 5.94. The predicted molar refractivity (Wildman–Crippen MR) is 128 cm³/mol. The van der Waals surface area contributed by atoms with Crippen molar-refractivity contribution in [2.24, 2.45) is 5.92 Å². The van der Waals surface area contributed by atoms with Gasteiger partial charge in [-0.2, -0.15) is 0 Å². The number of hydrogen-bond acceptors (Lipinski definition) is 9. The van der Waals surface area contributed by atoms with E-state index in [9.17, 15) is 10.1 Å². The van der Waals surface area contributed by atoms with Crippen LogP contribution in [0, 0.1) is 29.9 Å². The van der Waals surface area contributed by atoms with Crippen LogP contribution >= 0.6 is 11.6 Å².